The highest BCUT2D eigenvalue weighted by atomic mass is 32.2. The maximum Gasteiger partial charge on any atom is 0.349 e. The number of benzene rings is 1. The summed E-state index contributed by atoms with van der Waals surface area (Å²) in [6.07, 6.45) is 0. The number of hydrogen-bond acceptors (Lipinski definition) is 4. The Balaban J connectivity index is 2.32. The van der Waals surface area contributed by atoms with Crippen LogP contribution in [0.15, 0.2) is 24.3 Å². The second-order valence-corrected chi connectivity index (χ2v) is 7.33. The maximum atomic E-state index is 12.3. The van der Waals surface area contributed by atoms with Gasteiger partial charge in [0, 0.05) is 4.75 Å². The Morgan fingerprint density at radius 1 is 0.950 bits per heavy atom. The molecule has 4 amide bonds. The highest BCUT2D eigenvalue weighted by Crippen LogP contribution is 2.33. The van der Waals surface area contributed by atoms with Gasteiger partial charge in [-0.15, -0.1) is 0 Å². The first-order valence-corrected chi connectivity index (χ1v) is 6.96. The van der Waals surface area contributed by atoms with E-state index in [4.69, 9.17) is 0 Å². The van der Waals surface area contributed by atoms with E-state index < -0.39 is 17.8 Å². The van der Waals surface area contributed by atoms with Crippen LogP contribution in [-0.2, 0) is 9.59 Å². The number of hydrogen-bond donors (Lipinski definition) is 0. The van der Waals surface area contributed by atoms with E-state index in [0.717, 1.165) is 26.7 Å². The molecule has 6 heteroatoms. The number of anilines is 1. The molecule has 1 aromatic rings. The third kappa shape index (κ3) is 2.70. The molecular formula is C14H16N2O3S. The van der Waals surface area contributed by atoms with Gasteiger partial charge < -0.3 is 0 Å². The lowest BCUT2D eigenvalue weighted by molar-refractivity contribution is -0.137. The van der Waals surface area contributed by atoms with E-state index in [2.05, 4.69) is 0 Å². The smallest absolute Gasteiger partial charge is 0.262 e. The molecule has 1 heterocycles. The molecule has 1 fully saturated rings. The van der Waals surface area contributed by atoms with E-state index in [1.54, 1.807) is 24.3 Å². The Morgan fingerprint density at radius 3 is 2.00 bits per heavy atom. The van der Waals surface area contributed by atoms with Crippen molar-refractivity contribution in [1.82, 2.24) is 4.31 Å². The Labute approximate surface area is 122 Å². The predicted octanol–water partition coefficient (Wildman–Crippen LogP) is 2.74. The van der Waals surface area contributed by atoms with Gasteiger partial charge in [-0.3, -0.25) is 9.59 Å². The lowest BCUT2D eigenvalue weighted by Crippen LogP contribution is -2.32. The lowest BCUT2D eigenvalue weighted by Gasteiger charge is -2.22. The molecular weight excluding hydrogens is 276 g/mol. The molecule has 20 heavy (non-hydrogen) atoms. The third-order valence-electron chi connectivity index (χ3n) is 2.59. The van der Waals surface area contributed by atoms with E-state index >= 15 is 0 Å². The molecule has 2 rings (SSSR count). The molecule has 0 atom stereocenters. The maximum absolute atomic E-state index is 12.3. The van der Waals surface area contributed by atoms with Crippen LogP contribution in [0.1, 0.15) is 26.3 Å². The first-order chi connectivity index (χ1) is 9.20. The molecule has 0 saturated carbocycles. The van der Waals surface area contributed by atoms with E-state index in [9.17, 15) is 14.4 Å². The SMILES string of the molecule is Cc1ccc(N2C(=O)C(=O)N(SC(C)(C)C)C2=O)cc1. The molecule has 0 spiro atoms. The molecule has 0 bridgehead atoms. The number of urea groups is 1. The van der Waals surface area contributed by atoms with Crippen molar-refractivity contribution in [3.63, 3.8) is 0 Å². The number of imide groups is 2. The Morgan fingerprint density at radius 2 is 1.50 bits per heavy atom. The number of nitrogens with zero attached hydrogens (tertiary/aromatic N) is 2. The summed E-state index contributed by atoms with van der Waals surface area (Å²) < 4.78 is 0.594. The van der Waals surface area contributed by atoms with Crippen molar-refractivity contribution in [3.8, 4) is 0 Å². The van der Waals surface area contributed by atoms with Crippen LogP contribution in [0, 0.1) is 6.92 Å². The largest absolute Gasteiger partial charge is 0.349 e. The predicted molar refractivity (Wildman–Crippen MR) is 78.3 cm³/mol. The van der Waals surface area contributed by atoms with E-state index in [1.165, 1.54) is 0 Å². The van der Waals surface area contributed by atoms with Crippen molar-refractivity contribution in [2.75, 3.05) is 4.90 Å². The summed E-state index contributed by atoms with van der Waals surface area (Å²) in [5.41, 5.74) is 1.43. The van der Waals surface area contributed by atoms with Crippen LogP contribution in [0.25, 0.3) is 0 Å². The van der Waals surface area contributed by atoms with E-state index in [0.29, 0.717) is 5.69 Å². The van der Waals surface area contributed by atoms with Crippen LogP contribution in [0.5, 0.6) is 0 Å². The minimum atomic E-state index is -0.810. The van der Waals surface area contributed by atoms with Gasteiger partial charge >= 0.3 is 17.8 Å². The number of carbonyl (C=O) groups is 3. The molecule has 106 valence electrons. The molecule has 0 aromatic heterocycles. The van der Waals surface area contributed by atoms with Gasteiger partial charge in [0.25, 0.3) is 0 Å². The molecule has 1 saturated heterocycles. The van der Waals surface area contributed by atoms with Crippen molar-refractivity contribution in [3.05, 3.63) is 29.8 Å². The lowest BCUT2D eigenvalue weighted by atomic mass is 10.2. The zero-order valence-electron chi connectivity index (χ0n) is 11.8. The number of amides is 4. The standard InChI is InChI=1S/C14H16N2O3S/c1-9-5-7-10(8-6-9)15-11(17)12(18)16(13(15)19)20-14(2,3)4/h5-8H,1-4H3. The number of carbonyl (C=O) groups excluding carboxylic acids is 3. The quantitative estimate of drug-likeness (QED) is 0.478. The molecule has 0 unspecified atom stereocenters. The van der Waals surface area contributed by atoms with Crippen LogP contribution >= 0.6 is 11.9 Å². The van der Waals surface area contributed by atoms with Crippen molar-refractivity contribution in [2.45, 2.75) is 32.4 Å². The highest BCUT2D eigenvalue weighted by molar-refractivity contribution is 7.99. The average molecular weight is 292 g/mol. The summed E-state index contributed by atoms with van der Waals surface area (Å²) in [6.45, 7) is 7.52. The second-order valence-electron chi connectivity index (χ2n) is 5.56. The molecule has 1 aliphatic rings. The topological polar surface area (TPSA) is 57.7 Å². The van der Waals surface area contributed by atoms with E-state index in [1.807, 2.05) is 27.7 Å². The summed E-state index contributed by atoms with van der Waals surface area (Å²) in [6, 6.07) is 6.29. The molecule has 1 aromatic carbocycles. The molecule has 0 radical (unpaired) electrons. The summed E-state index contributed by atoms with van der Waals surface area (Å²) in [7, 11) is 0. The zero-order chi connectivity index (χ0) is 15.1. The van der Waals surface area contributed by atoms with Gasteiger partial charge in [-0.1, -0.05) is 17.7 Å². The first kappa shape index (κ1) is 14.6. The first-order valence-electron chi connectivity index (χ1n) is 6.19. The fourth-order valence-corrected chi connectivity index (χ4v) is 2.59. The highest BCUT2D eigenvalue weighted by Gasteiger charge is 2.47. The fraction of sp³-hybridized carbons (Fsp3) is 0.357. The van der Waals surface area contributed by atoms with Crippen LogP contribution in [0.3, 0.4) is 0 Å². The van der Waals surface area contributed by atoms with Crippen LogP contribution in [0.4, 0.5) is 10.5 Å². The molecule has 0 N–H and O–H groups in total. The molecule has 1 aliphatic heterocycles. The van der Waals surface area contributed by atoms with Gasteiger partial charge in [0.15, 0.2) is 0 Å². The summed E-state index contributed by atoms with van der Waals surface area (Å²) in [5.74, 6) is -1.61. The van der Waals surface area contributed by atoms with Crippen molar-refractivity contribution in [2.24, 2.45) is 0 Å². The van der Waals surface area contributed by atoms with Crippen LogP contribution in [-0.4, -0.2) is 26.9 Å². The summed E-state index contributed by atoms with van der Waals surface area (Å²) >= 11 is 1.06. The average Bonchev–Trinajstić information content (AvgIpc) is 2.54. The summed E-state index contributed by atoms with van der Waals surface area (Å²) in [5, 5.41) is 0. The minimum absolute atomic E-state index is 0.338. The van der Waals surface area contributed by atoms with E-state index in [-0.39, 0.29) is 4.75 Å². The van der Waals surface area contributed by atoms with Gasteiger partial charge in [-0.25, -0.2) is 9.69 Å². The van der Waals surface area contributed by atoms with Crippen LogP contribution in [0.2, 0.25) is 0 Å². The minimum Gasteiger partial charge on any atom is -0.262 e. The van der Waals surface area contributed by atoms with Gasteiger partial charge in [0.05, 0.1) is 5.69 Å². The Hall–Kier alpha value is -1.82. The van der Waals surface area contributed by atoms with Crippen molar-refractivity contribution in [1.29, 1.82) is 0 Å². The van der Waals surface area contributed by atoms with Gasteiger partial charge in [-0.05, 0) is 51.8 Å². The summed E-state index contributed by atoms with van der Waals surface area (Å²) in [4.78, 5) is 37.1. The van der Waals surface area contributed by atoms with Gasteiger partial charge in [0.1, 0.15) is 0 Å². The zero-order valence-corrected chi connectivity index (χ0v) is 12.7. The fourth-order valence-electron chi connectivity index (χ4n) is 1.72. The van der Waals surface area contributed by atoms with Crippen LogP contribution < -0.4 is 4.90 Å². The van der Waals surface area contributed by atoms with Crippen molar-refractivity contribution >= 4 is 35.5 Å². The van der Waals surface area contributed by atoms with Gasteiger partial charge in [-0.2, -0.15) is 4.31 Å². The molecule has 5 nitrogen and oxygen atoms in total. The second kappa shape index (κ2) is 4.94. The normalized spacial score (nSPS) is 16.3. The Bertz CT molecular complexity index is 575. The molecule has 0 aliphatic carbocycles. The Kier molecular flexibility index (Phi) is 3.60. The van der Waals surface area contributed by atoms with Crippen molar-refractivity contribution < 1.29 is 14.4 Å². The monoisotopic (exact) mass is 292 g/mol. The van der Waals surface area contributed by atoms with Gasteiger partial charge in [0.2, 0.25) is 0 Å². The number of aryl methyl sites for hydroxylation is 1. The number of rotatable bonds is 2. The third-order valence-corrected chi connectivity index (χ3v) is 3.65.